The molecule has 0 unspecified atom stereocenters. The Morgan fingerprint density at radius 3 is 0.667 bits per heavy atom. The van der Waals surface area contributed by atoms with Crippen LogP contribution < -0.4 is 0 Å². The smallest absolute Gasteiger partial charge is 0.252 e. The van der Waals surface area contributed by atoms with E-state index in [0.29, 0.717) is 22.7 Å². The summed E-state index contributed by atoms with van der Waals surface area (Å²) in [6.07, 6.45) is 8.62. The van der Waals surface area contributed by atoms with E-state index in [4.69, 9.17) is 9.47 Å². The van der Waals surface area contributed by atoms with E-state index in [1.54, 1.807) is 27.7 Å². The van der Waals surface area contributed by atoms with Crippen LogP contribution in [0.25, 0.3) is 0 Å². The van der Waals surface area contributed by atoms with Crippen LogP contribution >= 0.6 is 0 Å². The summed E-state index contributed by atoms with van der Waals surface area (Å²) in [6.45, 7) is 60.0. The van der Waals surface area contributed by atoms with Gasteiger partial charge >= 0.3 is 0 Å². The SMILES string of the molecule is CC(C)C(C)(C)C(C)C.CC(C)C(F)(F)C(C)C.CC(C)C1(C(C)C)CC1.CC(C)C1(C(C)C)CCC1.CC(C)C1(C(C)C)CCO1.CC(C)C1(C(C)C)COC1. The van der Waals surface area contributed by atoms with Crippen LogP contribution in [0.1, 0.15) is 219 Å². The van der Waals surface area contributed by atoms with Gasteiger partial charge in [0.2, 0.25) is 0 Å². The normalized spacial score (nSPS) is 20.2. The molecule has 4 fully saturated rings. The van der Waals surface area contributed by atoms with E-state index in [1.165, 1.54) is 38.5 Å². The minimum absolute atomic E-state index is 0.222. The maximum absolute atomic E-state index is 12.7. The third-order valence-electron chi connectivity index (χ3n) is 17.1. The molecule has 2 saturated heterocycles. The van der Waals surface area contributed by atoms with Gasteiger partial charge in [0.05, 0.1) is 25.4 Å². The Balaban J connectivity index is 0. The molecule has 0 bridgehead atoms. The molecule has 0 aromatic carbocycles. The Morgan fingerprint density at radius 2 is 0.667 bits per heavy atom. The molecular weight excluding hydrogens is 707 g/mol. The first-order chi connectivity index (χ1) is 25.6. The number of ether oxygens (including phenoxy) is 2. The standard InChI is InChI=1S/C10H20.2C9H18O.C9H18.C9H20.C7H14F2/c1-8(2)10(9(3)4)6-5-7-10;1-7(2)9(8(3)4)5-10-6-9;1-7(2)9(8(3)4)5-6-10-9;1-7(2)9(5-6-9)8(3)4;1-7(2)9(5,6)8(3)4;1-5(2)7(8,9)6(3)4/h8-9H,5-7H2,1-4H3;2*7-8H,5-6H2,1-4H3;7-8H,5-6H2,1-4H3;7-8H,1-6H3;5-6H,1-4H3. The zero-order valence-corrected chi connectivity index (χ0v) is 43.9. The molecule has 2 aliphatic heterocycles. The van der Waals surface area contributed by atoms with Crippen LogP contribution in [0.4, 0.5) is 8.78 Å². The van der Waals surface area contributed by atoms with E-state index in [0.717, 1.165) is 78.0 Å². The van der Waals surface area contributed by atoms with Crippen molar-refractivity contribution in [3.63, 3.8) is 0 Å². The maximum Gasteiger partial charge on any atom is 0.252 e. The molecule has 0 N–H and O–H groups in total. The maximum atomic E-state index is 12.7. The fraction of sp³-hybridized carbons (Fsp3) is 1.00. The minimum Gasteiger partial charge on any atom is -0.380 e. The molecule has 0 spiro atoms. The van der Waals surface area contributed by atoms with E-state index < -0.39 is 17.8 Å². The van der Waals surface area contributed by atoms with E-state index in [1.807, 2.05) is 0 Å². The van der Waals surface area contributed by atoms with Crippen molar-refractivity contribution in [3.8, 4) is 0 Å². The van der Waals surface area contributed by atoms with Crippen LogP contribution in [-0.2, 0) is 9.47 Å². The molecule has 0 aromatic heterocycles. The van der Waals surface area contributed by atoms with Crippen molar-refractivity contribution in [3.05, 3.63) is 0 Å². The van der Waals surface area contributed by atoms with Crippen molar-refractivity contribution >= 4 is 0 Å². The Bertz CT molecular complexity index is 853. The van der Waals surface area contributed by atoms with Gasteiger partial charge in [-0.1, -0.05) is 186 Å². The van der Waals surface area contributed by atoms with Crippen molar-refractivity contribution < 1.29 is 18.3 Å². The molecule has 57 heavy (non-hydrogen) atoms. The summed E-state index contributed by atoms with van der Waals surface area (Å²) in [4.78, 5) is 0. The van der Waals surface area contributed by atoms with Crippen molar-refractivity contribution in [2.45, 2.75) is 230 Å². The summed E-state index contributed by atoms with van der Waals surface area (Å²) in [5.74, 6) is 4.44. The molecule has 0 aromatic rings. The van der Waals surface area contributed by atoms with Crippen LogP contribution in [0.3, 0.4) is 0 Å². The van der Waals surface area contributed by atoms with Crippen LogP contribution in [0.2, 0.25) is 0 Å². The van der Waals surface area contributed by atoms with Crippen molar-refractivity contribution in [2.75, 3.05) is 19.8 Å². The predicted molar refractivity (Wildman–Crippen MR) is 251 cm³/mol. The van der Waals surface area contributed by atoms with E-state index >= 15 is 0 Å². The first kappa shape index (κ1) is 58.9. The van der Waals surface area contributed by atoms with E-state index in [9.17, 15) is 8.78 Å². The molecule has 0 radical (unpaired) electrons. The lowest BCUT2D eigenvalue weighted by Crippen LogP contribution is -2.52. The predicted octanol–water partition coefficient (Wildman–Crippen LogP) is 17.6. The van der Waals surface area contributed by atoms with Gasteiger partial charge in [0.25, 0.3) is 5.92 Å². The Morgan fingerprint density at radius 1 is 0.386 bits per heavy atom. The number of alkyl halides is 2. The van der Waals surface area contributed by atoms with E-state index in [-0.39, 0.29) is 5.60 Å². The highest BCUT2D eigenvalue weighted by molar-refractivity contribution is 4.97. The van der Waals surface area contributed by atoms with Crippen LogP contribution in [0, 0.1) is 92.7 Å². The topological polar surface area (TPSA) is 18.5 Å². The van der Waals surface area contributed by atoms with Gasteiger partial charge in [0.1, 0.15) is 0 Å². The summed E-state index contributed by atoms with van der Waals surface area (Å²) in [5, 5.41) is 0. The number of hydrogen-bond donors (Lipinski definition) is 0. The van der Waals surface area contributed by atoms with Gasteiger partial charge < -0.3 is 9.47 Å². The van der Waals surface area contributed by atoms with Gasteiger partial charge in [-0.15, -0.1) is 0 Å². The van der Waals surface area contributed by atoms with Gasteiger partial charge in [-0.25, -0.2) is 8.78 Å². The Kier molecular flexibility index (Phi) is 25.2. The summed E-state index contributed by atoms with van der Waals surface area (Å²) in [6, 6.07) is 0. The third kappa shape index (κ3) is 15.9. The summed E-state index contributed by atoms with van der Waals surface area (Å²) in [5.41, 5.74) is 2.69. The molecule has 4 heteroatoms. The zero-order chi connectivity index (χ0) is 45.7. The lowest BCUT2D eigenvalue weighted by molar-refractivity contribution is -0.200. The monoisotopic (exact) mass is 815 g/mol. The second-order valence-corrected chi connectivity index (χ2v) is 23.5. The average Bonchev–Trinajstić information content (AvgIpc) is 3.78. The third-order valence-corrected chi connectivity index (χ3v) is 17.1. The molecule has 346 valence electrons. The minimum atomic E-state index is -2.50. The average molecular weight is 815 g/mol. The Hall–Kier alpha value is -0.220. The van der Waals surface area contributed by atoms with Crippen molar-refractivity contribution in [1.82, 2.24) is 0 Å². The van der Waals surface area contributed by atoms with Crippen LogP contribution in [-0.4, -0.2) is 31.3 Å². The summed E-state index contributed by atoms with van der Waals surface area (Å²) >= 11 is 0. The number of halogens is 2. The fourth-order valence-electron chi connectivity index (χ4n) is 9.29. The van der Waals surface area contributed by atoms with Gasteiger partial charge in [-0.05, 0) is 101 Å². The molecule has 4 rings (SSSR count). The zero-order valence-electron chi connectivity index (χ0n) is 43.9. The molecule has 2 nitrogen and oxygen atoms in total. The number of rotatable bonds is 12. The van der Waals surface area contributed by atoms with Crippen molar-refractivity contribution in [2.24, 2.45) is 92.7 Å². The second-order valence-electron chi connectivity index (χ2n) is 23.5. The largest absolute Gasteiger partial charge is 0.380 e. The summed E-state index contributed by atoms with van der Waals surface area (Å²) < 4.78 is 36.2. The van der Waals surface area contributed by atoms with Crippen LogP contribution in [0.15, 0.2) is 0 Å². The molecule has 2 heterocycles. The van der Waals surface area contributed by atoms with Crippen LogP contribution in [0.5, 0.6) is 0 Å². The molecular formula is C53H108F2O2. The lowest BCUT2D eigenvalue weighted by atomic mass is 9.56. The van der Waals surface area contributed by atoms with Gasteiger partial charge in [-0.2, -0.15) is 0 Å². The Labute approximate surface area is 359 Å². The quantitative estimate of drug-likeness (QED) is 0.195. The molecule has 2 saturated carbocycles. The second kappa shape index (κ2) is 24.4. The van der Waals surface area contributed by atoms with Gasteiger partial charge in [0, 0.05) is 23.7 Å². The highest BCUT2D eigenvalue weighted by atomic mass is 19.3. The van der Waals surface area contributed by atoms with E-state index in [2.05, 4.69) is 152 Å². The first-order valence-electron chi connectivity index (χ1n) is 24.2. The van der Waals surface area contributed by atoms with Crippen molar-refractivity contribution in [1.29, 1.82) is 0 Å². The first-order valence-corrected chi connectivity index (χ1v) is 24.2. The molecule has 0 amide bonds. The number of hydrogen-bond acceptors (Lipinski definition) is 2. The highest BCUT2D eigenvalue weighted by Crippen LogP contribution is 2.57. The molecule has 0 atom stereocenters. The summed E-state index contributed by atoms with van der Waals surface area (Å²) in [7, 11) is 0. The lowest BCUT2D eigenvalue weighted by Gasteiger charge is -2.49. The molecule has 2 aliphatic carbocycles. The fourth-order valence-corrected chi connectivity index (χ4v) is 9.29. The molecule has 4 aliphatic rings. The highest BCUT2D eigenvalue weighted by Gasteiger charge is 2.48. The van der Waals surface area contributed by atoms with Gasteiger partial charge in [0.15, 0.2) is 0 Å². The van der Waals surface area contributed by atoms with Gasteiger partial charge in [-0.3, -0.25) is 0 Å².